The first-order chi connectivity index (χ1) is 9.22. The molecule has 0 amide bonds. The minimum absolute atomic E-state index is 0. The molecule has 2 N–H and O–H groups in total. The molecule has 1 aromatic heterocycles. The van der Waals surface area contributed by atoms with Gasteiger partial charge in [-0.05, 0) is 31.2 Å². The van der Waals surface area contributed by atoms with Crippen molar-refractivity contribution in [2.24, 2.45) is 0 Å². The van der Waals surface area contributed by atoms with E-state index in [0.717, 1.165) is 28.0 Å². The minimum Gasteiger partial charge on any atom is -1.00 e. The van der Waals surface area contributed by atoms with Gasteiger partial charge in [-0.3, -0.25) is 4.98 Å². The SMILES string of the molecule is Cc1cc(Nc2cccc(O)c2)c2ccccc2n1.[Cl-]. The highest BCUT2D eigenvalue weighted by atomic mass is 35.5. The predicted octanol–water partition coefficient (Wildman–Crippen LogP) is 0.996. The van der Waals surface area contributed by atoms with Gasteiger partial charge in [0.05, 0.1) is 5.52 Å². The van der Waals surface area contributed by atoms with Gasteiger partial charge in [0.2, 0.25) is 0 Å². The van der Waals surface area contributed by atoms with Crippen LogP contribution in [0.25, 0.3) is 10.9 Å². The van der Waals surface area contributed by atoms with Crippen molar-refractivity contribution in [2.45, 2.75) is 6.92 Å². The minimum atomic E-state index is 0. The zero-order valence-corrected chi connectivity index (χ0v) is 11.7. The smallest absolute Gasteiger partial charge is 0.117 e. The number of phenols is 1. The van der Waals surface area contributed by atoms with Crippen molar-refractivity contribution in [3.05, 3.63) is 60.3 Å². The Bertz CT molecular complexity index is 743. The largest absolute Gasteiger partial charge is 1.00 e. The summed E-state index contributed by atoms with van der Waals surface area (Å²) >= 11 is 0. The average molecular weight is 286 g/mol. The summed E-state index contributed by atoms with van der Waals surface area (Å²) in [5, 5.41) is 13.9. The van der Waals surface area contributed by atoms with Crippen molar-refractivity contribution < 1.29 is 17.5 Å². The molecule has 0 aliphatic rings. The van der Waals surface area contributed by atoms with Gasteiger partial charge in [0, 0.05) is 28.5 Å². The number of nitrogens with one attached hydrogen (secondary N) is 1. The quantitative estimate of drug-likeness (QED) is 0.738. The molecule has 0 spiro atoms. The molecule has 20 heavy (non-hydrogen) atoms. The number of rotatable bonds is 2. The Kier molecular flexibility index (Phi) is 4.11. The maximum absolute atomic E-state index is 9.51. The lowest BCUT2D eigenvalue weighted by atomic mass is 10.1. The Hall–Kier alpha value is -2.26. The number of halogens is 1. The van der Waals surface area contributed by atoms with Crippen LogP contribution in [0.1, 0.15) is 5.69 Å². The van der Waals surface area contributed by atoms with Crippen LogP contribution in [-0.4, -0.2) is 10.1 Å². The zero-order chi connectivity index (χ0) is 13.2. The molecule has 1 heterocycles. The maximum atomic E-state index is 9.51. The predicted molar refractivity (Wildman–Crippen MR) is 77.9 cm³/mol. The third kappa shape index (κ3) is 2.83. The Morgan fingerprint density at radius 2 is 1.80 bits per heavy atom. The summed E-state index contributed by atoms with van der Waals surface area (Å²) in [7, 11) is 0. The van der Waals surface area contributed by atoms with E-state index in [-0.39, 0.29) is 18.2 Å². The number of phenolic OH excluding ortho intramolecular Hbond substituents is 1. The number of hydrogen-bond donors (Lipinski definition) is 2. The van der Waals surface area contributed by atoms with Gasteiger partial charge < -0.3 is 22.8 Å². The Labute approximate surface area is 123 Å². The summed E-state index contributed by atoms with van der Waals surface area (Å²) in [4.78, 5) is 4.51. The second-order valence-corrected chi connectivity index (χ2v) is 4.50. The lowest BCUT2D eigenvalue weighted by Gasteiger charge is -2.11. The molecule has 0 aliphatic carbocycles. The maximum Gasteiger partial charge on any atom is 0.117 e. The molecule has 4 heteroatoms. The molecule has 0 fully saturated rings. The first-order valence-electron chi connectivity index (χ1n) is 6.15. The van der Waals surface area contributed by atoms with E-state index < -0.39 is 0 Å². The molecule has 0 aliphatic heterocycles. The fraction of sp³-hybridized carbons (Fsp3) is 0.0625. The topological polar surface area (TPSA) is 45.1 Å². The van der Waals surface area contributed by atoms with Crippen LogP contribution in [-0.2, 0) is 0 Å². The monoisotopic (exact) mass is 285 g/mol. The van der Waals surface area contributed by atoms with Crippen LogP contribution in [0.5, 0.6) is 5.75 Å². The second-order valence-electron chi connectivity index (χ2n) is 4.50. The van der Waals surface area contributed by atoms with Crippen molar-refractivity contribution in [2.75, 3.05) is 5.32 Å². The molecule has 0 bridgehead atoms. The Morgan fingerprint density at radius 3 is 2.60 bits per heavy atom. The van der Waals surface area contributed by atoms with E-state index in [1.54, 1.807) is 12.1 Å². The number of para-hydroxylation sites is 1. The van der Waals surface area contributed by atoms with Gasteiger partial charge in [0.1, 0.15) is 5.75 Å². The van der Waals surface area contributed by atoms with Crippen LogP contribution < -0.4 is 17.7 Å². The number of nitrogens with zero attached hydrogens (tertiary/aromatic N) is 1. The summed E-state index contributed by atoms with van der Waals surface area (Å²) < 4.78 is 0. The van der Waals surface area contributed by atoms with E-state index in [0.29, 0.717) is 0 Å². The van der Waals surface area contributed by atoms with E-state index in [2.05, 4.69) is 10.3 Å². The van der Waals surface area contributed by atoms with Crippen molar-refractivity contribution >= 4 is 22.3 Å². The highest BCUT2D eigenvalue weighted by Gasteiger charge is 2.04. The molecule has 0 radical (unpaired) electrons. The highest BCUT2D eigenvalue weighted by Crippen LogP contribution is 2.27. The normalized spacial score (nSPS) is 10.1. The van der Waals surface area contributed by atoms with Crippen LogP contribution in [0.2, 0.25) is 0 Å². The Morgan fingerprint density at radius 1 is 1.00 bits per heavy atom. The summed E-state index contributed by atoms with van der Waals surface area (Å²) in [6, 6.07) is 17.1. The van der Waals surface area contributed by atoms with Crippen LogP contribution in [0.15, 0.2) is 54.6 Å². The molecule has 3 nitrogen and oxygen atoms in total. The van der Waals surface area contributed by atoms with Crippen LogP contribution in [0.4, 0.5) is 11.4 Å². The van der Waals surface area contributed by atoms with Crippen LogP contribution in [0, 0.1) is 6.92 Å². The summed E-state index contributed by atoms with van der Waals surface area (Å²) in [6.07, 6.45) is 0. The van der Waals surface area contributed by atoms with Crippen molar-refractivity contribution in [1.29, 1.82) is 0 Å². The number of aryl methyl sites for hydroxylation is 1. The molecule has 2 aromatic carbocycles. The highest BCUT2D eigenvalue weighted by molar-refractivity contribution is 5.93. The van der Waals surface area contributed by atoms with Gasteiger partial charge in [0.15, 0.2) is 0 Å². The number of pyridine rings is 1. The third-order valence-corrected chi connectivity index (χ3v) is 2.97. The molecule has 0 atom stereocenters. The first kappa shape index (κ1) is 14.2. The van der Waals surface area contributed by atoms with Crippen molar-refractivity contribution in [1.82, 2.24) is 4.98 Å². The molecule has 3 aromatic rings. The molecular formula is C16H14ClN2O-. The lowest BCUT2D eigenvalue weighted by Crippen LogP contribution is -3.00. The number of aromatic hydroxyl groups is 1. The fourth-order valence-electron chi connectivity index (χ4n) is 2.15. The molecular weight excluding hydrogens is 272 g/mol. The summed E-state index contributed by atoms with van der Waals surface area (Å²) in [6.45, 7) is 1.97. The molecule has 0 saturated carbocycles. The van der Waals surface area contributed by atoms with Crippen molar-refractivity contribution in [3.8, 4) is 5.75 Å². The van der Waals surface area contributed by atoms with Crippen molar-refractivity contribution in [3.63, 3.8) is 0 Å². The molecule has 0 unspecified atom stereocenters. The van der Waals surface area contributed by atoms with E-state index >= 15 is 0 Å². The molecule has 102 valence electrons. The molecule has 0 saturated heterocycles. The summed E-state index contributed by atoms with van der Waals surface area (Å²) in [5.74, 6) is 0.250. The first-order valence-corrected chi connectivity index (χ1v) is 6.15. The average Bonchev–Trinajstić information content (AvgIpc) is 2.38. The van der Waals surface area contributed by atoms with Gasteiger partial charge in [0.25, 0.3) is 0 Å². The molecule has 3 rings (SSSR count). The van der Waals surface area contributed by atoms with Gasteiger partial charge in [-0.1, -0.05) is 24.3 Å². The fourth-order valence-corrected chi connectivity index (χ4v) is 2.15. The Balaban J connectivity index is 0.00000147. The van der Waals surface area contributed by atoms with Crippen LogP contribution >= 0.6 is 0 Å². The number of anilines is 2. The van der Waals surface area contributed by atoms with Gasteiger partial charge in [-0.25, -0.2) is 0 Å². The van der Waals surface area contributed by atoms with E-state index in [9.17, 15) is 5.11 Å². The lowest BCUT2D eigenvalue weighted by molar-refractivity contribution is -0.00000496. The number of fused-ring (bicyclic) bond motifs is 1. The van der Waals surface area contributed by atoms with Gasteiger partial charge in [-0.15, -0.1) is 0 Å². The van der Waals surface area contributed by atoms with E-state index in [4.69, 9.17) is 0 Å². The number of benzene rings is 2. The van der Waals surface area contributed by atoms with Gasteiger partial charge >= 0.3 is 0 Å². The zero-order valence-electron chi connectivity index (χ0n) is 11.0. The standard InChI is InChI=1S/C16H14N2O.ClH/c1-11-9-16(14-7-2-3-8-15(14)17-11)18-12-5-4-6-13(19)10-12;/h2-10,19H,1H3,(H,17,18);1H/p-1. The number of aromatic nitrogens is 1. The summed E-state index contributed by atoms with van der Waals surface area (Å²) in [5.41, 5.74) is 3.77. The van der Waals surface area contributed by atoms with E-state index in [1.807, 2.05) is 49.4 Å². The van der Waals surface area contributed by atoms with Crippen LogP contribution in [0.3, 0.4) is 0 Å². The third-order valence-electron chi connectivity index (χ3n) is 2.97. The number of hydrogen-bond acceptors (Lipinski definition) is 3. The second kappa shape index (κ2) is 5.80. The van der Waals surface area contributed by atoms with Gasteiger partial charge in [-0.2, -0.15) is 0 Å². The van der Waals surface area contributed by atoms with E-state index in [1.165, 1.54) is 0 Å².